The van der Waals surface area contributed by atoms with Gasteiger partial charge in [-0.3, -0.25) is 9.69 Å². The molecule has 1 amide bonds. The smallest absolute Gasteiger partial charge is 0.269 e. The average Bonchev–Trinajstić information content (AvgIpc) is 2.95. The van der Waals surface area contributed by atoms with E-state index in [0.717, 1.165) is 24.1 Å². The van der Waals surface area contributed by atoms with Gasteiger partial charge in [0, 0.05) is 44.5 Å². The summed E-state index contributed by atoms with van der Waals surface area (Å²) >= 11 is 0. The molecule has 0 aliphatic heterocycles. The van der Waals surface area contributed by atoms with E-state index in [1.54, 1.807) is 25.1 Å². The van der Waals surface area contributed by atoms with Crippen molar-refractivity contribution in [3.05, 3.63) is 59.2 Å². The lowest BCUT2D eigenvalue weighted by molar-refractivity contribution is 0.0821. The van der Waals surface area contributed by atoms with Crippen molar-refractivity contribution in [2.24, 2.45) is 0 Å². The lowest BCUT2D eigenvalue weighted by Gasteiger charge is -2.37. The maximum atomic E-state index is 14.0. The molecule has 0 saturated heterocycles. The summed E-state index contributed by atoms with van der Waals surface area (Å²) in [6.07, 6.45) is 3.53. The zero-order valence-corrected chi connectivity index (χ0v) is 14.3. The molecule has 0 radical (unpaired) electrons. The van der Waals surface area contributed by atoms with Crippen LogP contribution in [0.1, 0.15) is 41.0 Å². The molecule has 5 heteroatoms. The topological polar surface area (TPSA) is 39.3 Å². The number of rotatable bonds is 6. The van der Waals surface area contributed by atoms with Crippen molar-refractivity contribution in [3.63, 3.8) is 0 Å². The maximum Gasteiger partial charge on any atom is 0.269 e. The second kappa shape index (κ2) is 7.18. The third-order valence-electron chi connectivity index (χ3n) is 4.68. The standard InChI is InChI=1S/C19H24FN3O/c1-22(2)19(24)18-11-10-15(21-18)13-23(16-7-5-8-16)12-14-6-3-4-9-17(14)20/h3-4,6,9-11,16,21H,5,7-8,12-13H2,1-2H3. The fraction of sp³-hybridized carbons (Fsp3) is 0.421. The van der Waals surface area contributed by atoms with Crippen molar-refractivity contribution in [2.45, 2.75) is 38.4 Å². The number of carbonyl (C=O) groups is 1. The fourth-order valence-electron chi connectivity index (χ4n) is 3.03. The SMILES string of the molecule is CN(C)C(=O)c1ccc(CN(Cc2ccccc2F)C2CCC2)[nH]1. The molecule has 1 heterocycles. The minimum Gasteiger partial charge on any atom is -0.353 e. The molecule has 24 heavy (non-hydrogen) atoms. The van der Waals surface area contributed by atoms with Gasteiger partial charge in [0.05, 0.1) is 0 Å². The maximum absolute atomic E-state index is 14.0. The largest absolute Gasteiger partial charge is 0.353 e. The van der Waals surface area contributed by atoms with Crippen LogP contribution >= 0.6 is 0 Å². The number of hydrogen-bond donors (Lipinski definition) is 1. The third kappa shape index (κ3) is 3.67. The number of aromatic nitrogens is 1. The summed E-state index contributed by atoms with van der Waals surface area (Å²) in [6, 6.07) is 11.2. The molecule has 0 spiro atoms. The van der Waals surface area contributed by atoms with Gasteiger partial charge in [-0.1, -0.05) is 24.6 Å². The second-order valence-corrected chi connectivity index (χ2v) is 6.68. The number of nitrogens with one attached hydrogen (secondary N) is 1. The zero-order chi connectivity index (χ0) is 17.1. The predicted molar refractivity (Wildman–Crippen MR) is 92.1 cm³/mol. The summed E-state index contributed by atoms with van der Waals surface area (Å²) in [5.41, 5.74) is 2.30. The Hall–Kier alpha value is -2.14. The number of benzene rings is 1. The van der Waals surface area contributed by atoms with Crippen LogP contribution in [0.4, 0.5) is 4.39 Å². The fourth-order valence-corrected chi connectivity index (χ4v) is 3.03. The van der Waals surface area contributed by atoms with E-state index in [1.165, 1.54) is 12.5 Å². The summed E-state index contributed by atoms with van der Waals surface area (Å²) in [5.74, 6) is -0.192. The Morgan fingerprint density at radius 1 is 1.17 bits per heavy atom. The van der Waals surface area contributed by atoms with Crippen LogP contribution in [0, 0.1) is 5.82 Å². The van der Waals surface area contributed by atoms with Gasteiger partial charge in [0.1, 0.15) is 11.5 Å². The van der Waals surface area contributed by atoms with E-state index >= 15 is 0 Å². The molecule has 3 rings (SSSR count). The quantitative estimate of drug-likeness (QED) is 0.882. The third-order valence-corrected chi connectivity index (χ3v) is 4.68. The molecule has 1 aromatic carbocycles. The lowest BCUT2D eigenvalue weighted by Crippen LogP contribution is -2.39. The van der Waals surface area contributed by atoms with Gasteiger partial charge in [-0.25, -0.2) is 4.39 Å². The van der Waals surface area contributed by atoms with Crippen LogP contribution in [0.25, 0.3) is 0 Å². The summed E-state index contributed by atoms with van der Waals surface area (Å²) < 4.78 is 14.0. The molecular formula is C19H24FN3O. The first-order chi connectivity index (χ1) is 11.5. The summed E-state index contributed by atoms with van der Waals surface area (Å²) in [7, 11) is 3.48. The monoisotopic (exact) mass is 329 g/mol. The van der Waals surface area contributed by atoms with Gasteiger partial charge in [-0.2, -0.15) is 0 Å². The first-order valence-corrected chi connectivity index (χ1v) is 8.41. The van der Waals surface area contributed by atoms with E-state index in [1.807, 2.05) is 24.3 Å². The van der Waals surface area contributed by atoms with Gasteiger partial charge < -0.3 is 9.88 Å². The van der Waals surface area contributed by atoms with Crippen molar-refractivity contribution >= 4 is 5.91 Å². The molecule has 0 unspecified atom stereocenters. The second-order valence-electron chi connectivity index (χ2n) is 6.68. The van der Waals surface area contributed by atoms with Crippen LogP contribution in [0.15, 0.2) is 36.4 Å². The number of hydrogen-bond acceptors (Lipinski definition) is 2. The number of amides is 1. The summed E-state index contributed by atoms with van der Waals surface area (Å²) in [4.78, 5) is 19.1. The molecule has 1 N–H and O–H groups in total. The number of aromatic amines is 1. The van der Waals surface area contributed by atoms with Crippen LogP contribution in [-0.4, -0.2) is 40.8 Å². The molecule has 1 aliphatic carbocycles. The highest BCUT2D eigenvalue weighted by molar-refractivity contribution is 5.92. The first-order valence-electron chi connectivity index (χ1n) is 8.41. The summed E-state index contributed by atoms with van der Waals surface area (Å²) in [6.45, 7) is 1.28. The van der Waals surface area contributed by atoms with E-state index in [2.05, 4.69) is 9.88 Å². The molecule has 1 aromatic heterocycles. The van der Waals surface area contributed by atoms with Crippen LogP contribution in [-0.2, 0) is 13.1 Å². The highest BCUT2D eigenvalue weighted by Gasteiger charge is 2.26. The number of H-pyrrole nitrogens is 1. The number of carbonyl (C=O) groups excluding carboxylic acids is 1. The minimum atomic E-state index is -0.156. The Balaban J connectivity index is 1.73. The van der Waals surface area contributed by atoms with Crippen molar-refractivity contribution < 1.29 is 9.18 Å². The van der Waals surface area contributed by atoms with E-state index in [0.29, 0.717) is 24.8 Å². The first kappa shape index (κ1) is 16.7. The minimum absolute atomic E-state index is 0.0365. The van der Waals surface area contributed by atoms with Gasteiger partial charge in [0.15, 0.2) is 0 Å². The van der Waals surface area contributed by atoms with Gasteiger partial charge in [-0.15, -0.1) is 0 Å². The molecule has 1 fully saturated rings. The Morgan fingerprint density at radius 3 is 2.54 bits per heavy atom. The predicted octanol–water partition coefficient (Wildman–Crippen LogP) is 3.41. The van der Waals surface area contributed by atoms with Gasteiger partial charge in [0.2, 0.25) is 0 Å². The van der Waals surface area contributed by atoms with Crippen LogP contribution in [0.3, 0.4) is 0 Å². The van der Waals surface area contributed by atoms with Crippen LogP contribution in [0.5, 0.6) is 0 Å². The van der Waals surface area contributed by atoms with E-state index in [4.69, 9.17) is 0 Å². The zero-order valence-electron chi connectivity index (χ0n) is 14.3. The Labute approximate surface area is 142 Å². The molecular weight excluding hydrogens is 305 g/mol. The van der Waals surface area contributed by atoms with E-state index < -0.39 is 0 Å². The van der Waals surface area contributed by atoms with Gasteiger partial charge in [0.25, 0.3) is 5.91 Å². The van der Waals surface area contributed by atoms with Gasteiger partial charge in [-0.05, 0) is 31.0 Å². The highest BCUT2D eigenvalue weighted by atomic mass is 19.1. The molecule has 128 valence electrons. The average molecular weight is 329 g/mol. The van der Waals surface area contributed by atoms with Crippen molar-refractivity contribution in [1.82, 2.24) is 14.8 Å². The molecule has 1 saturated carbocycles. The molecule has 2 aromatic rings. The molecule has 4 nitrogen and oxygen atoms in total. The molecule has 1 aliphatic rings. The van der Waals surface area contributed by atoms with Crippen LogP contribution in [0.2, 0.25) is 0 Å². The molecule has 0 atom stereocenters. The lowest BCUT2D eigenvalue weighted by atomic mass is 9.91. The van der Waals surface area contributed by atoms with Crippen molar-refractivity contribution in [1.29, 1.82) is 0 Å². The van der Waals surface area contributed by atoms with Gasteiger partial charge >= 0.3 is 0 Å². The van der Waals surface area contributed by atoms with E-state index in [-0.39, 0.29) is 11.7 Å². The number of nitrogens with zero attached hydrogens (tertiary/aromatic N) is 2. The highest BCUT2D eigenvalue weighted by Crippen LogP contribution is 2.28. The Bertz CT molecular complexity index is 706. The summed E-state index contributed by atoms with van der Waals surface area (Å²) in [5, 5.41) is 0. The molecule has 0 bridgehead atoms. The van der Waals surface area contributed by atoms with Crippen molar-refractivity contribution in [3.8, 4) is 0 Å². The Morgan fingerprint density at radius 2 is 1.92 bits per heavy atom. The normalized spacial score (nSPS) is 14.7. The van der Waals surface area contributed by atoms with Crippen LogP contribution < -0.4 is 0 Å². The Kier molecular flexibility index (Phi) is 5.00. The van der Waals surface area contributed by atoms with E-state index in [9.17, 15) is 9.18 Å². The number of halogens is 1. The van der Waals surface area contributed by atoms with Crippen molar-refractivity contribution in [2.75, 3.05) is 14.1 Å².